The predicted molar refractivity (Wildman–Crippen MR) is 82.8 cm³/mol. The quantitative estimate of drug-likeness (QED) is 0.376. The molecule has 0 aromatic heterocycles. The van der Waals surface area contributed by atoms with E-state index in [1.54, 1.807) is 0 Å². The zero-order valence-corrected chi connectivity index (χ0v) is 13.4. The van der Waals surface area contributed by atoms with Gasteiger partial charge in [-0.05, 0) is 31.9 Å². The lowest BCUT2D eigenvalue weighted by Gasteiger charge is -2.03. The minimum absolute atomic E-state index is 0.126. The van der Waals surface area contributed by atoms with Crippen molar-refractivity contribution in [2.45, 2.75) is 45.4 Å². The van der Waals surface area contributed by atoms with Crippen LogP contribution in [-0.4, -0.2) is 18.4 Å². The normalized spacial score (nSPS) is 10.3. The molecular weight excluding hydrogens is 320 g/mol. The molecule has 0 aliphatic rings. The fourth-order valence-electron chi connectivity index (χ4n) is 1.92. The first kappa shape index (κ1) is 16.9. The molecule has 0 atom stereocenters. The lowest BCUT2D eigenvalue weighted by atomic mass is 10.0. The zero-order valence-electron chi connectivity index (χ0n) is 11.9. The van der Waals surface area contributed by atoms with Gasteiger partial charge in [0.25, 0.3) is 0 Å². The van der Waals surface area contributed by atoms with Crippen molar-refractivity contribution >= 4 is 27.7 Å². The largest absolute Gasteiger partial charge is 0.466 e. The van der Waals surface area contributed by atoms with Crippen LogP contribution in [0, 0.1) is 0 Å². The molecule has 0 fully saturated rings. The van der Waals surface area contributed by atoms with Gasteiger partial charge in [0, 0.05) is 22.9 Å². The fourth-order valence-corrected chi connectivity index (χ4v) is 2.19. The van der Waals surface area contributed by atoms with Crippen molar-refractivity contribution in [1.29, 1.82) is 0 Å². The van der Waals surface area contributed by atoms with Gasteiger partial charge in [-0.15, -0.1) is 0 Å². The Morgan fingerprint density at radius 3 is 2.20 bits per heavy atom. The summed E-state index contributed by atoms with van der Waals surface area (Å²) in [4.78, 5) is 23.0. The van der Waals surface area contributed by atoms with E-state index in [1.165, 1.54) is 0 Å². The van der Waals surface area contributed by atoms with E-state index in [-0.39, 0.29) is 11.8 Å². The second kappa shape index (κ2) is 9.70. The summed E-state index contributed by atoms with van der Waals surface area (Å²) < 4.78 is 5.84. The number of hydrogen-bond donors (Lipinski definition) is 0. The van der Waals surface area contributed by atoms with Gasteiger partial charge in [0.1, 0.15) is 0 Å². The molecule has 0 bridgehead atoms. The van der Waals surface area contributed by atoms with E-state index in [1.807, 2.05) is 31.2 Å². The molecule has 110 valence electrons. The van der Waals surface area contributed by atoms with Crippen molar-refractivity contribution in [3.8, 4) is 0 Å². The van der Waals surface area contributed by atoms with Crippen LogP contribution in [-0.2, 0) is 9.53 Å². The van der Waals surface area contributed by atoms with Gasteiger partial charge >= 0.3 is 5.97 Å². The van der Waals surface area contributed by atoms with Gasteiger partial charge in [0.2, 0.25) is 0 Å². The zero-order chi connectivity index (χ0) is 14.8. The molecule has 1 aromatic carbocycles. The van der Waals surface area contributed by atoms with Crippen LogP contribution in [0.2, 0.25) is 0 Å². The van der Waals surface area contributed by atoms with Crippen molar-refractivity contribution in [3.63, 3.8) is 0 Å². The van der Waals surface area contributed by atoms with E-state index in [0.29, 0.717) is 19.4 Å². The Labute approximate surface area is 128 Å². The monoisotopic (exact) mass is 340 g/mol. The Kier molecular flexibility index (Phi) is 8.19. The van der Waals surface area contributed by atoms with Crippen LogP contribution in [0.25, 0.3) is 0 Å². The van der Waals surface area contributed by atoms with Crippen LogP contribution in [0.15, 0.2) is 28.7 Å². The second-order valence-electron chi connectivity index (χ2n) is 4.65. The number of Topliss-reactive ketones (excluding diaryl/α,β-unsaturated/α-hetero) is 1. The number of esters is 1. The summed E-state index contributed by atoms with van der Waals surface area (Å²) in [6.45, 7) is 2.26. The summed E-state index contributed by atoms with van der Waals surface area (Å²) in [6.07, 6.45) is 4.70. The molecule has 20 heavy (non-hydrogen) atoms. The maximum Gasteiger partial charge on any atom is 0.305 e. The number of ketones is 1. The minimum atomic E-state index is -0.126. The Balaban J connectivity index is 2.10. The van der Waals surface area contributed by atoms with Crippen LogP contribution in [0.1, 0.15) is 55.8 Å². The van der Waals surface area contributed by atoms with E-state index in [9.17, 15) is 9.59 Å². The molecular formula is C16H21BrO3. The number of carbonyl (C=O) groups excluding carboxylic acids is 2. The number of unbranched alkanes of at least 4 members (excludes halogenated alkanes) is 3. The van der Waals surface area contributed by atoms with Gasteiger partial charge in [0.15, 0.2) is 5.78 Å². The van der Waals surface area contributed by atoms with Crippen LogP contribution in [0.5, 0.6) is 0 Å². The molecule has 0 spiro atoms. The highest BCUT2D eigenvalue weighted by molar-refractivity contribution is 9.10. The second-order valence-corrected chi connectivity index (χ2v) is 5.56. The van der Waals surface area contributed by atoms with Crippen molar-refractivity contribution < 1.29 is 14.3 Å². The molecule has 0 saturated heterocycles. The van der Waals surface area contributed by atoms with Gasteiger partial charge in [0.05, 0.1) is 6.61 Å². The molecule has 1 rings (SSSR count). The molecule has 1 aromatic rings. The Hall–Kier alpha value is -1.16. The Bertz CT molecular complexity index is 426. The van der Waals surface area contributed by atoms with Gasteiger partial charge in [-0.25, -0.2) is 0 Å². The first-order chi connectivity index (χ1) is 9.63. The van der Waals surface area contributed by atoms with E-state index in [0.717, 1.165) is 35.7 Å². The minimum Gasteiger partial charge on any atom is -0.466 e. The predicted octanol–water partition coefficient (Wildman–Crippen LogP) is 4.54. The number of hydrogen-bond acceptors (Lipinski definition) is 3. The lowest BCUT2D eigenvalue weighted by Crippen LogP contribution is -2.03. The third-order valence-corrected chi connectivity index (χ3v) is 3.53. The van der Waals surface area contributed by atoms with E-state index in [4.69, 9.17) is 4.74 Å². The molecule has 0 N–H and O–H groups in total. The molecule has 0 heterocycles. The van der Waals surface area contributed by atoms with Gasteiger partial charge in [-0.1, -0.05) is 40.9 Å². The van der Waals surface area contributed by atoms with Crippen molar-refractivity contribution in [2.24, 2.45) is 0 Å². The molecule has 4 heteroatoms. The van der Waals surface area contributed by atoms with Gasteiger partial charge < -0.3 is 4.74 Å². The summed E-state index contributed by atoms with van der Waals surface area (Å²) in [5.74, 6) is 0.0568. The number of carbonyl (C=O) groups is 2. The average Bonchev–Trinajstić information content (AvgIpc) is 2.43. The maximum absolute atomic E-state index is 11.9. The van der Waals surface area contributed by atoms with E-state index < -0.39 is 0 Å². The SMILES string of the molecule is CCOC(=O)CCCCCCC(=O)c1ccc(Br)cc1. The average molecular weight is 341 g/mol. The third-order valence-electron chi connectivity index (χ3n) is 3.01. The molecule has 0 aliphatic carbocycles. The maximum atomic E-state index is 11.9. The van der Waals surface area contributed by atoms with Crippen LogP contribution < -0.4 is 0 Å². The Morgan fingerprint density at radius 2 is 1.60 bits per heavy atom. The Morgan fingerprint density at radius 1 is 1.00 bits per heavy atom. The van der Waals surface area contributed by atoms with Crippen molar-refractivity contribution in [1.82, 2.24) is 0 Å². The van der Waals surface area contributed by atoms with Crippen molar-refractivity contribution in [3.05, 3.63) is 34.3 Å². The van der Waals surface area contributed by atoms with Crippen molar-refractivity contribution in [2.75, 3.05) is 6.61 Å². The van der Waals surface area contributed by atoms with Crippen LogP contribution in [0.4, 0.5) is 0 Å². The molecule has 0 saturated carbocycles. The standard InChI is InChI=1S/C16H21BrO3/c1-2-20-16(19)8-6-4-3-5-7-15(18)13-9-11-14(17)12-10-13/h9-12H,2-8H2,1H3. The fraction of sp³-hybridized carbons (Fsp3) is 0.500. The van der Waals surface area contributed by atoms with Gasteiger partial charge in [-0.2, -0.15) is 0 Å². The highest BCUT2D eigenvalue weighted by Gasteiger charge is 2.05. The summed E-state index contributed by atoms with van der Waals surface area (Å²) in [5, 5.41) is 0. The molecule has 0 unspecified atom stereocenters. The summed E-state index contributed by atoms with van der Waals surface area (Å²) in [7, 11) is 0. The van der Waals surface area contributed by atoms with Crippen LogP contribution >= 0.6 is 15.9 Å². The lowest BCUT2D eigenvalue weighted by molar-refractivity contribution is -0.143. The van der Waals surface area contributed by atoms with E-state index >= 15 is 0 Å². The number of rotatable bonds is 9. The molecule has 0 amide bonds. The third kappa shape index (κ3) is 6.85. The van der Waals surface area contributed by atoms with Crippen LogP contribution in [0.3, 0.4) is 0 Å². The highest BCUT2D eigenvalue weighted by atomic mass is 79.9. The summed E-state index contributed by atoms with van der Waals surface area (Å²) in [6, 6.07) is 7.44. The summed E-state index contributed by atoms with van der Waals surface area (Å²) in [5.41, 5.74) is 0.764. The molecule has 0 radical (unpaired) electrons. The highest BCUT2D eigenvalue weighted by Crippen LogP contribution is 2.14. The molecule has 3 nitrogen and oxygen atoms in total. The number of ether oxygens (including phenoxy) is 1. The smallest absolute Gasteiger partial charge is 0.305 e. The number of benzene rings is 1. The topological polar surface area (TPSA) is 43.4 Å². The van der Waals surface area contributed by atoms with E-state index in [2.05, 4.69) is 15.9 Å². The summed E-state index contributed by atoms with van der Waals surface area (Å²) >= 11 is 3.35. The number of halogens is 1. The molecule has 0 aliphatic heterocycles. The first-order valence-electron chi connectivity index (χ1n) is 7.08. The first-order valence-corrected chi connectivity index (χ1v) is 7.87. The van der Waals surface area contributed by atoms with Gasteiger partial charge in [-0.3, -0.25) is 9.59 Å².